The van der Waals surface area contributed by atoms with Crippen LogP contribution in [0.2, 0.25) is 5.02 Å². The summed E-state index contributed by atoms with van der Waals surface area (Å²) in [6, 6.07) is 4.72. The minimum Gasteiger partial charge on any atom is -0.481 e. The van der Waals surface area contributed by atoms with E-state index in [0.717, 1.165) is 11.1 Å². The van der Waals surface area contributed by atoms with Gasteiger partial charge in [0.1, 0.15) is 0 Å². The fourth-order valence-electron chi connectivity index (χ4n) is 2.16. The van der Waals surface area contributed by atoms with Crippen LogP contribution in [0.5, 0.6) is 0 Å². The highest BCUT2D eigenvalue weighted by atomic mass is 35.5. The van der Waals surface area contributed by atoms with Crippen molar-refractivity contribution in [3.05, 3.63) is 44.7 Å². The third kappa shape index (κ3) is 2.11. The van der Waals surface area contributed by atoms with Crippen molar-refractivity contribution in [3.63, 3.8) is 0 Å². The number of aryl methyl sites for hydroxylation is 2. The largest absolute Gasteiger partial charge is 0.481 e. The van der Waals surface area contributed by atoms with E-state index in [-0.39, 0.29) is 11.8 Å². The summed E-state index contributed by atoms with van der Waals surface area (Å²) in [5, 5.41) is 9.84. The highest BCUT2D eigenvalue weighted by Crippen LogP contribution is 2.21. The van der Waals surface area contributed by atoms with Gasteiger partial charge in [-0.3, -0.25) is 9.59 Å². The molecule has 4 nitrogen and oxygen atoms in total. The molecule has 0 unspecified atom stereocenters. The van der Waals surface area contributed by atoms with Crippen LogP contribution >= 0.6 is 11.6 Å². The molecule has 0 spiro atoms. The highest BCUT2D eigenvalue weighted by Gasteiger charge is 2.11. The number of nitrogens with zero attached hydrogens (tertiary/aromatic N) is 1. The maximum absolute atomic E-state index is 12.0. The average Bonchev–Trinajstić information content (AvgIpc) is 2.24. The molecule has 0 saturated heterocycles. The molecule has 0 radical (unpaired) electrons. The van der Waals surface area contributed by atoms with E-state index in [1.54, 1.807) is 23.7 Å². The monoisotopic (exact) mass is 265 g/mol. The molecule has 1 aromatic carbocycles. The van der Waals surface area contributed by atoms with E-state index in [2.05, 4.69) is 0 Å². The number of carboxylic acid groups (broad SMARTS) is 1. The maximum atomic E-state index is 12.0. The lowest BCUT2D eigenvalue weighted by Crippen LogP contribution is -2.15. The van der Waals surface area contributed by atoms with Gasteiger partial charge in [0, 0.05) is 29.2 Å². The van der Waals surface area contributed by atoms with Gasteiger partial charge in [-0.05, 0) is 24.6 Å². The molecule has 0 atom stereocenters. The molecular formula is C13H12ClNO3. The van der Waals surface area contributed by atoms with Crippen molar-refractivity contribution in [1.29, 1.82) is 0 Å². The SMILES string of the molecule is Cc1cc(Cl)cc2c(=O)cc(CC(=O)O)n(C)c12. The Hall–Kier alpha value is -1.81. The second-order valence-corrected chi connectivity index (χ2v) is 4.68. The van der Waals surface area contributed by atoms with Crippen LogP contribution in [0.4, 0.5) is 0 Å². The molecule has 0 aliphatic carbocycles. The molecule has 94 valence electrons. The van der Waals surface area contributed by atoms with Crippen LogP contribution in [-0.2, 0) is 18.3 Å². The minimum absolute atomic E-state index is 0.177. The van der Waals surface area contributed by atoms with Gasteiger partial charge in [-0.15, -0.1) is 0 Å². The number of fused-ring (bicyclic) bond motifs is 1. The molecule has 0 saturated carbocycles. The summed E-state index contributed by atoms with van der Waals surface area (Å²) in [4.78, 5) is 22.7. The van der Waals surface area contributed by atoms with Crippen molar-refractivity contribution in [2.45, 2.75) is 13.3 Å². The molecular weight excluding hydrogens is 254 g/mol. The molecule has 0 bridgehead atoms. The Labute approximate surface area is 108 Å². The third-order valence-electron chi connectivity index (χ3n) is 2.93. The predicted molar refractivity (Wildman–Crippen MR) is 70.3 cm³/mol. The first-order chi connectivity index (χ1) is 8.40. The smallest absolute Gasteiger partial charge is 0.309 e. The van der Waals surface area contributed by atoms with E-state index in [0.29, 0.717) is 16.1 Å². The number of rotatable bonds is 2. The van der Waals surface area contributed by atoms with E-state index in [9.17, 15) is 9.59 Å². The van der Waals surface area contributed by atoms with E-state index < -0.39 is 5.97 Å². The summed E-state index contributed by atoms with van der Waals surface area (Å²) in [6.07, 6.45) is -0.177. The number of carbonyl (C=O) groups is 1. The van der Waals surface area contributed by atoms with Crippen molar-refractivity contribution in [2.24, 2.45) is 7.05 Å². The van der Waals surface area contributed by atoms with E-state index >= 15 is 0 Å². The van der Waals surface area contributed by atoms with E-state index in [1.807, 2.05) is 6.92 Å². The molecule has 1 N–H and O–H groups in total. The average molecular weight is 266 g/mol. The van der Waals surface area contributed by atoms with Gasteiger partial charge in [-0.25, -0.2) is 0 Å². The fourth-order valence-corrected chi connectivity index (χ4v) is 2.44. The van der Waals surface area contributed by atoms with Gasteiger partial charge >= 0.3 is 5.97 Å². The minimum atomic E-state index is -0.962. The van der Waals surface area contributed by atoms with Crippen LogP contribution in [0, 0.1) is 6.92 Å². The molecule has 2 rings (SSSR count). The lowest BCUT2D eigenvalue weighted by Gasteiger charge is -2.13. The molecule has 2 aromatic rings. The second kappa shape index (κ2) is 4.46. The topological polar surface area (TPSA) is 59.3 Å². The molecule has 1 heterocycles. The quantitative estimate of drug-likeness (QED) is 0.905. The van der Waals surface area contributed by atoms with E-state index in [4.69, 9.17) is 16.7 Å². The Kier molecular flexibility index (Phi) is 3.13. The molecule has 1 aromatic heterocycles. The summed E-state index contributed by atoms with van der Waals surface area (Å²) >= 11 is 5.93. The van der Waals surface area contributed by atoms with Gasteiger partial charge < -0.3 is 9.67 Å². The van der Waals surface area contributed by atoms with Crippen molar-refractivity contribution < 1.29 is 9.90 Å². The van der Waals surface area contributed by atoms with Crippen LogP contribution < -0.4 is 5.43 Å². The zero-order valence-electron chi connectivity index (χ0n) is 10.0. The van der Waals surface area contributed by atoms with Crippen LogP contribution in [0.25, 0.3) is 10.9 Å². The summed E-state index contributed by atoms with van der Waals surface area (Å²) in [6.45, 7) is 1.85. The van der Waals surface area contributed by atoms with E-state index in [1.165, 1.54) is 6.07 Å². The van der Waals surface area contributed by atoms with Gasteiger partial charge in [0.05, 0.1) is 11.9 Å². The Balaban J connectivity index is 2.86. The summed E-state index contributed by atoms with van der Waals surface area (Å²) in [5.41, 5.74) is 1.85. The molecule has 0 fully saturated rings. The molecule has 5 heteroatoms. The first-order valence-electron chi connectivity index (χ1n) is 5.40. The maximum Gasteiger partial charge on any atom is 0.309 e. The first-order valence-corrected chi connectivity index (χ1v) is 5.78. The number of benzene rings is 1. The standard InChI is InChI=1S/C13H12ClNO3/c1-7-3-8(14)4-10-11(16)5-9(6-12(17)18)15(2)13(7)10/h3-5H,6H2,1-2H3,(H,17,18). The summed E-state index contributed by atoms with van der Waals surface area (Å²) in [5.74, 6) is -0.962. The predicted octanol–water partition coefficient (Wildman–Crippen LogP) is 2.13. The summed E-state index contributed by atoms with van der Waals surface area (Å²) < 4.78 is 1.73. The van der Waals surface area contributed by atoms with Crippen molar-refractivity contribution in [3.8, 4) is 0 Å². The lowest BCUT2D eigenvalue weighted by atomic mass is 10.1. The van der Waals surface area contributed by atoms with Crippen LogP contribution in [0.1, 0.15) is 11.3 Å². The number of pyridine rings is 1. The van der Waals surface area contributed by atoms with Crippen molar-refractivity contribution >= 4 is 28.5 Å². The number of hydrogen-bond acceptors (Lipinski definition) is 2. The summed E-state index contributed by atoms with van der Waals surface area (Å²) in [7, 11) is 1.75. The van der Waals surface area contributed by atoms with Gasteiger partial charge in [-0.1, -0.05) is 11.6 Å². The van der Waals surface area contributed by atoms with Gasteiger partial charge in [-0.2, -0.15) is 0 Å². The third-order valence-corrected chi connectivity index (χ3v) is 3.15. The highest BCUT2D eigenvalue weighted by molar-refractivity contribution is 6.31. The molecule has 0 aliphatic rings. The number of aliphatic carboxylic acids is 1. The van der Waals surface area contributed by atoms with Crippen molar-refractivity contribution in [1.82, 2.24) is 4.57 Å². The number of hydrogen-bond donors (Lipinski definition) is 1. The van der Waals surface area contributed by atoms with Crippen LogP contribution in [0.3, 0.4) is 0 Å². The van der Waals surface area contributed by atoms with Crippen LogP contribution in [0.15, 0.2) is 23.0 Å². The van der Waals surface area contributed by atoms with Crippen molar-refractivity contribution in [2.75, 3.05) is 0 Å². The second-order valence-electron chi connectivity index (χ2n) is 4.25. The Morgan fingerprint density at radius 3 is 2.67 bits per heavy atom. The fraction of sp³-hybridized carbons (Fsp3) is 0.231. The Bertz CT molecular complexity index is 703. The zero-order chi connectivity index (χ0) is 13.4. The molecule has 0 aliphatic heterocycles. The zero-order valence-corrected chi connectivity index (χ0v) is 10.8. The number of halogens is 1. The van der Waals surface area contributed by atoms with Gasteiger partial charge in [0.25, 0.3) is 0 Å². The Morgan fingerprint density at radius 2 is 2.06 bits per heavy atom. The molecule has 18 heavy (non-hydrogen) atoms. The molecule has 0 amide bonds. The Morgan fingerprint density at radius 1 is 1.39 bits per heavy atom. The normalized spacial score (nSPS) is 10.8. The number of carboxylic acids is 1. The number of aromatic nitrogens is 1. The lowest BCUT2D eigenvalue weighted by molar-refractivity contribution is -0.136. The van der Waals surface area contributed by atoms with Gasteiger partial charge in [0.15, 0.2) is 5.43 Å². The van der Waals surface area contributed by atoms with Crippen LogP contribution in [-0.4, -0.2) is 15.6 Å². The van der Waals surface area contributed by atoms with Gasteiger partial charge in [0.2, 0.25) is 0 Å². The first kappa shape index (κ1) is 12.6.